The first-order valence-electron chi connectivity index (χ1n) is 7.28. The molecule has 0 atom stereocenters. The fourth-order valence-electron chi connectivity index (χ4n) is 2.19. The molecular weight excluding hydrogens is 401 g/mol. The van der Waals surface area contributed by atoms with Crippen LogP contribution >= 0.6 is 22.6 Å². The molecule has 2 rings (SSSR count). The zero-order chi connectivity index (χ0) is 16.8. The van der Waals surface area contributed by atoms with Gasteiger partial charge in [0.15, 0.2) is 11.5 Å². The zero-order valence-electron chi connectivity index (χ0n) is 13.4. The van der Waals surface area contributed by atoms with Crippen LogP contribution in [0.25, 0.3) is 11.6 Å². The Bertz CT molecular complexity index is 758. The Labute approximate surface area is 150 Å². The third-order valence-electron chi connectivity index (χ3n) is 3.33. The van der Waals surface area contributed by atoms with Crippen LogP contribution in [0.2, 0.25) is 0 Å². The highest BCUT2D eigenvalue weighted by atomic mass is 127. The van der Waals surface area contributed by atoms with Crippen molar-refractivity contribution in [3.05, 3.63) is 56.7 Å². The van der Waals surface area contributed by atoms with Crippen LogP contribution in [0, 0.1) is 21.8 Å². The summed E-state index contributed by atoms with van der Waals surface area (Å²) in [6, 6.07) is 14.1. The molecule has 0 aromatic heterocycles. The van der Waals surface area contributed by atoms with E-state index in [1.54, 1.807) is 7.11 Å². The van der Waals surface area contributed by atoms with Gasteiger partial charge in [-0.15, -0.1) is 0 Å². The van der Waals surface area contributed by atoms with Crippen molar-refractivity contribution < 1.29 is 9.47 Å². The number of halogens is 1. The van der Waals surface area contributed by atoms with Gasteiger partial charge in [-0.25, -0.2) is 0 Å². The maximum absolute atomic E-state index is 9.47. The Balaban J connectivity index is 2.46. The summed E-state index contributed by atoms with van der Waals surface area (Å²) in [7, 11) is 1.62. The van der Waals surface area contributed by atoms with Crippen molar-refractivity contribution in [2.24, 2.45) is 0 Å². The van der Waals surface area contributed by atoms with E-state index in [0.717, 1.165) is 20.4 Å². The highest BCUT2D eigenvalue weighted by Crippen LogP contribution is 2.35. The van der Waals surface area contributed by atoms with Gasteiger partial charge in [0.1, 0.15) is 0 Å². The number of benzene rings is 2. The van der Waals surface area contributed by atoms with Gasteiger partial charge in [-0.05, 0) is 65.8 Å². The Morgan fingerprint density at radius 1 is 1.26 bits per heavy atom. The molecule has 0 heterocycles. The standard InChI is InChI=1S/C19H18INO2/c1-4-23-19-17(20)10-14(11-18(19)22-3)9-16(12-21)15-7-5-13(2)6-8-15/h5-11H,4H2,1-3H3/b16-9+. The summed E-state index contributed by atoms with van der Waals surface area (Å²) in [5, 5.41) is 9.47. The molecular formula is C19H18INO2. The van der Waals surface area contributed by atoms with Crippen LogP contribution < -0.4 is 9.47 Å². The number of aryl methyl sites for hydroxylation is 1. The van der Waals surface area contributed by atoms with E-state index in [9.17, 15) is 5.26 Å². The third-order valence-corrected chi connectivity index (χ3v) is 4.14. The van der Waals surface area contributed by atoms with E-state index in [4.69, 9.17) is 9.47 Å². The number of allylic oxidation sites excluding steroid dienone is 1. The third kappa shape index (κ3) is 4.26. The predicted molar refractivity (Wildman–Crippen MR) is 102 cm³/mol. The van der Waals surface area contributed by atoms with Crippen LogP contribution in [0.5, 0.6) is 11.5 Å². The Morgan fingerprint density at radius 3 is 2.52 bits per heavy atom. The number of hydrogen-bond donors (Lipinski definition) is 0. The number of rotatable bonds is 5. The van der Waals surface area contributed by atoms with Gasteiger partial charge in [0.05, 0.1) is 28.9 Å². The number of nitriles is 1. The van der Waals surface area contributed by atoms with E-state index in [1.807, 2.05) is 56.3 Å². The average Bonchev–Trinajstić information content (AvgIpc) is 2.55. The molecule has 0 radical (unpaired) electrons. The lowest BCUT2D eigenvalue weighted by molar-refractivity contribution is 0.308. The molecule has 118 valence electrons. The van der Waals surface area contributed by atoms with Gasteiger partial charge >= 0.3 is 0 Å². The molecule has 0 spiro atoms. The fraction of sp³-hybridized carbons (Fsp3) is 0.211. The Hall–Kier alpha value is -2.00. The van der Waals surface area contributed by atoms with Gasteiger partial charge in [0.2, 0.25) is 0 Å². The van der Waals surface area contributed by atoms with Gasteiger partial charge in [-0.2, -0.15) is 5.26 Å². The van der Waals surface area contributed by atoms with E-state index in [1.165, 1.54) is 5.56 Å². The second-order valence-electron chi connectivity index (χ2n) is 5.00. The van der Waals surface area contributed by atoms with Gasteiger partial charge in [-0.3, -0.25) is 0 Å². The summed E-state index contributed by atoms with van der Waals surface area (Å²) in [4.78, 5) is 0. The molecule has 0 aliphatic rings. The Morgan fingerprint density at radius 2 is 1.96 bits per heavy atom. The topological polar surface area (TPSA) is 42.2 Å². The van der Waals surface area contributed by atoms with Gasteiger partial charge in [-0.1, -0.05) is 29.8 Å². The summed E-state index contributed by atoms with van der Waals surface area (Å²) < 4.78 is 12.0. The number of methoxy groups -OCH3 is 1. The Kier molecular flexibility index (Phi) is 6.05. The quantitative estimate of drug-likeness (QED) is 0.386. The molecule has 23 heavy (non-hydrogen) atoms. The van der Waals surface area contributed by atoms with E-state index >= 15 is 0 Å². The lowest BCUT2D eigenvalue weighted by Gasteiger charge is -2.12. The summed E-state index contributed by atoms with van der Waals surface area (Å²) >= 11 is 2.22. The molecule has 3 nitrogen and oxygen atoms in total. The molecule has 0 saturated carbocycles. The lowest BCUT2D eigenvalue weighted by atomic mass is 10.0. The lowest BCUT2D eigenvalue weighted by Crippen LogP contribution is -1.98. The molecule has 0 aliphatic heterocycles. The average molecular weight is 419 g/mol. The minimum Gasteiger partial charge on any atom is -0.493 e. The van der Waals surface area contributed by atoms with Crippen molar-refractivity contribution in [3.63, 3.8) is 0 Å². The van der Waals surface area contributed by atoms with Crippen molar-refractivity contribution in [2.45, 2.75) is 13.8 Å². The van der Waals surface area contributed by atoms with Crippen LogP contribution in [0.3, 0.4) is 0 Å². The largest absolute Gasteiger partial charge is 0.493 e. The number of hydrogen-bond acceptors (Lipinski definition) is 3. The van der Waals surface area contributed by atoms with Crippen LogP contribution in [-0.4, -0.2) is 13.7 Å². The predicted octanol–water partition coefficient (Wildman–Crippen LogP) is 5.07. The van der Waals surface area contributed by atoms with Crippen LogP contribution in [-0.2, 0) is 0 Å². The molecule has 0 bridgehead atoms. The molecule has 0 amide bonds. The molecule has 0 N–H and O–H groups in total. The van der Waals surface area contributed by atoms with Gasteiger partial charge < -0.3 is 9.47 Å². The maximum atomic E-state index is 9.47. The van der Waals surface area contributed by atoms with E-state index in [-0.39, 0.29) is 0 Å². The molecule has 0 saturated heterocycles. The van der Waals surface area contributed by atoms with Crippen LogP contribution in [0.1, 0.15) is 23.6 Å². The van der Waals surface area contributed by atoms with E-state index in [2.05, 4.69) is 28.7 Å². The molecule has 0 unspecified atom stereocenters. The van der Waals surface area contributed by atoms with Crippen LogP contribution in [0.15, 0.2) is 36.4 Å². The monoisotopic (exact) mass is 419 g/mol. The summed E-state index contributed by atoms with van der Waals surface area (Å²) in [5.74, 6) is 1.41. The minimum absolute atomic E-state index is 0.578. The fourth-order valence-corrected chi connectivity index (χ4v) is 2.97. The van der Waals surface area contributed by atoms with Crippen molar-refractivity contribution in [1.82, 2.24) is 0 Å². The first kappa shape index (κ1) is 17.4. The number of nitrogens with zero attached hydrogens (tertiary/aromatic N) is 1. The smallest absolute Gasteiger partial charge is 0.174 e. The normalized spacial score (nSPS) is 11.0. The second-order valence-corrected chi connectivity index (χ2v) is 6.17. The van der Waals surface area contributed by atoms with Gasteiger partial charge in [0.25, 0.3) is 0 Å². The number of ether oxygens (including phenoxy) is 2. The second kappa shape index (κ2) is 8.02. The molecule has 2 aromatic rings. The highest BCUT2D eigenvalue weighted by Gasteiger charge is 2.11. The SMILES string of the molecule is CCOc1c(I)cc(/C=C(\C#N)c2ccc(C)cc2)cc1OC. The first-order valence-corrected chi connectivity index (χ1v) is 8.36. The minimum atomic E-state index is 0.578. The van der Waals surface area contributed by atoms with Crippen molar-refractivity contribution >= 4 is 34.2 Å². The molecule has 0 aliphatic carbocycles. The molecule has 2 aromatic carbocycles. The summed E-state index contributed by atoms with van der Waals surface area (Å²) in [6.45, 7) is 4.54. The van der Waals surface area contributed by atoms with E-state index < -0.39 is 0 Å². The van der Waals surface area contributed by atoms with Gasteiger partial charge in [0, 0.05) is 0 Å². The molecule has 4 heteroatoms. The van der Waals surface area contributed by atoms with Crippen molar-refractivity contribution in [3.8, 4) is 17.6 Å². The summed E-state index contributed by atoms with van der Waals surface area (Å²) in [5.41, 5.74) is 3.60. The van der Waals surface area contributed by atoms with Crippen molar-refractivity contribution in [2.75, 3.05) is 13.7 Å². The summed E-state index contributed by atoms with van der Waals surface area (Å²) in [6.07, 6.45) is 1.87. The zero-order valence-corrected chi connectivity index (χ0v) is 15.5. The van der Waals surface area contributed by atoms with E-state index in [0.29, 0.717) is 17.9 Å². The maximum Gasteiger partial charge on any atom is 0.174 e. The van der Waals surface area contributed by atoms with Crippen molar-refractivity contribution in [1.29, 1.82) is 5.26 Å². The molecule has 0 fully saturated rings. The first-order chi connectivity index (χ1) is 11.1. The highest BCUT2D eigenvalue weighted by molar-refractivity contribution is 14.1. The van der Waals surface area contributed by atoms with Crippen LogP contribution in [0.4, 0.5) is 0 Å².